The van der Waals surface area contributed by atoms with Gasteiger partial charge in [0.05, 0.1) is 6.10 Å². The number of ether oxygens (including phenoxy) is 1. The Balaban J connectivity index is 1.16. The minimum Gasteiger partial charge on any atom is -0.381 e. The van der Waals surface area contributed by atoms with Gasteiger partial charge in [-0.1, -0.05) is 42.1 Å². The number of benzene rings is 1. The Morgan fingerprint density at radius 1 is 1.03 bits per heavy atom. The van der Waals surface area contributed by atoms with E-state index in [2.05, 4.69) is 32.7 Å². The molecule has 2 aliphatic heterocycles. The molecule has 2 aromatic rings. The summed E-state index contributed by atoms with van der Waals surface area (Å²) in [5, 5.41) is 6.07. The zero-order chi connectivity index (χ0) is 24.2. The van der Waals surface area contributed by atoms with Crippen molar-refractivity contribution in [3.8, 4) is 0 Å². The lowest BCUT2D eigenvalue weighted by Gasteiger charge is -2.36. The highest BCUT2D eigenvalue weighted by molar-refractivity contribution is 7.08. The van der Waals surface area contributed by atoms with Gasteiger partial charge in [-0.15, -0.1) is 0 Å². The van der Waals surface area contributed by atoms with Crippen LogP contribution in [0.2, 0.25) is 10.0 Å². The molecule has 6 heteroatoms. The second-order valence-corrected chi connectivity index (χ2v) is 12.8. The molecule has 1 saturated carbocycles. The van der Waals surface area contributed by atoms with Gasteiger partial charge in [0, 0.05) is 49.3 Å². The number of hydrogen-bond donors (Lipinski definition) is 0. The molecule has 2 saturated heterocycles. The lowest BCUT2D eigenvalue weighted by molar-refractivity contribution is 0.0235. The van der Waals surface area contributed by atoms with Crippen molar-refractivity contribution in [1.82, 2.24) is 9.80 Å². The van der Waals surface area contributed by atoms with Gasteiger partial charge in [-0.05, 0) is 103 Å². The molecule has 5 rings (SSSR count). The molecular weight excluding hydrogens is 495 g/mol. The van der Waals surface area contributed by atoms with Crippen LogP contribution in [0.4, 0.5) is 0 Å². The fourth-order valence-electron chi connectivity index (χ4n) is 6.90. The summed E-state index contributed by atoms with van der Waals surface area (Å²) < 4.78 is 5.97. The summed E-state index contributed by atoms with van der Waals surface area (Å²) in [7, 11) is 1.94. The van der Waals surface area contributed by atoms with E-state index in [0.29, 0.717) is 23.0 Å². The number of piperidine rings is 1. The molecule has 3 nitrogen and oxygen atoms in total. The third kappa shape index (κ3) is 6.64. The van der Waals surface area contributed by atoms with E-state index in [1.54, 1.807) is 0 Å². The Morgan fingerprint density at radius 2 is 1.83 bits per heavy atom. The molecule has 35 heavy (non-hydrogen) atoms. The molecule has 192 valence electrons. The first-order valence-electron chi connectivity index (χ1n) is 13.5. The van der Waals surface area contributed by atoms with Crippen molar-refractivity contribution in [2.75, 3.05) is 39.8 Å². The van der Waals surface area contributed by atoms with Crippen molar-refractivity contribution in [3.05, 3.63) is 56.2 Å². The number of halogens is 2. The van der Waals surface area contributed by atoms with E-state index in [4.69, 9.17) is 27.9 Å². The van der Waals surface area contributed by atoms with Crippen molar-refractivity contribution >= 4 is 34.5 Å². The van der Waals surface area contributed by atoms with Crippen LogP contribution in [-0.4, -0.2) is 55.7 Å². The number of methoxy groups -OCH3 is 1. The van der Waals surface area contributed by atoms with E-state index >= 15 is 0 Å². The van der Waals surface area contributed by atoms with Gasteiger partial charge >= 0.3 is 0 Å². The van der Waals surface area contributed by atoms with Gasteiger partial charge in [0.2, 0.25) is 0 Å². The Hall–Kier alpha value is -0.620. The summed E-state index contributed by atoms with van der Waals surface area (Å²) in [6, 6.07) is 8.24. The quantitative estimate of drug-likeness (QED) is 0.329. The summed E-state index contributed by atoms with van der Waals surface area (Å²) in [6.07, 6.45) is 9.96. The summed E-state index contributed by atoms with van der Waals surface area (Å²) in [6.45, 7) is 6.81. The predicted octanol–water partition coefficient (Wildman–Crippen LogP) is 7.58. The first-order chi connectivity index (χ1) is 17.1. The van der Waals surface area contributed by atoms with E-state index in [-0.39, 0.29) is 0 Å². The van der Waals surface area contributed by atoms with Crippen LogP contribution in [-0.2, 0) is 11.3 Å². The van der Waals surface area contributed by atoms with Crippen molar-refractivity contribution in [3.63, 3.8) is 0 Å². The molecule has 1 aromatic heterocycles. The van der Waals surface area contributed by atoms with Crippen LogP contribution in [0.25, 0.3) is 0 Å². The van der Waals surface area contributed by atoms with Gasteiger partial charge in [-0.2, -0.15) is 11.3 Å². The fourth-order valence-corrected chi connectivity index (χ4v) is 8.10. The van der Waals surface area contributed by atoms with E-state index in [0.717, 1.165) is 36.5 Å². The normalized spacial score (nSPS) is 26.0. The monoisotopic (exact) mass is 534 g/mol. The van der Waals surface area contributed by atoms with Crippen LogP contribution in [0.15, 0.2) is 35.0 Å². The number of hydrogen-bond acceptors (Lipinski definition) is 4. The van der Waals surface area contributed by atoms with Crippen LogP contribution in [0.5, 0.6) is 0 Å². The molecule has 1 aromatic carbocycles. The average Bonchev–Trinajstić information content (AvgIpc) is 3.63. The lowest BCUT2D eigenvalue weighted by Crippen LogP contribution is -2.39. The summed E-state index contributed by atoms with van der Waals surface area (Å²) >= 11 is 14.5. The fraction of sp³-hybridized carbons (Fsp3) is 0.655. The Morgan fingerprint density at radius 3 is 2.51 bits per heavy atom. The first-order valence-corrected chi connectivity index (χ1v) is 15.2. The van der Waals surface area contributed by atoms with Gasteiger partial charge in [-0.3, -0.25) is 4.90 Å². The minimum atomic E-state index is 0.486. The van der Waals surface area contributed by atoms with Gasteiger partial charge < -0.3 is 9.64 Å². The number of likely N-dealkylation sites (tertiary alicyclic amines) is 2. The van der Waals surface area contributed by atoms with Crippen LogP contribution >= 0.6 is 34.5 Å². The molecule has 0 N–H and O–H groups in total. The van der Waals surface area contributed by atoms with Crippen molar-refractivity contribution in [2.24, 2.45) is 17.8 Å². The maximum absolute atomic E-state index is 6.51. The summed E-state index contributed by atoms with van der Waals surface area (Å²) in [4.78, 5) is 5.34. The first kappa shape index (κ1) is 26.0. The molecule has 1 aliphatic carbocycles. The van der Waals surface area contributed by atoms with Gasteiger partial charge in [0.25, 0.3) is 0 Å². The highest BCUT2D eigenvalue weighted by atomic mass is 35.5. The third-order valence-corrected chi connectivity index (χ3v) is 10.2. The zero-order valence-electron chi connectivity index (χ0n) is 21.0. The van der Waals surface area contributed by atoms with Crippen molar-refractivity contribution in [2.45, 2.75) is 63.5 Å². The maximum Gasteiger partial charge on any atom is 0.0602 e. The average molecular weight is 536 g/mol. The third-order valence-electron chi connectivity index (χ3n) is 8.89. The molecule has 0 bridgehead atoms. The summed E-state index contributed by atoms with van der Waals surface area (Å²) in [5.41, 5.74) is 2.69. The van der Waals surface area contributed by atoms with Crippen LogP contribution in [0.1, 0.15) is 62.0 Å². The molecule has 0 radical (unpaired) electrons. The smallest absolute Gasteiger partial charge is 0.0602 e. The van der Waals surface area contributed by atoms with Crippen molar-refractivity contribution in [1.29, 1.82) is 0 Å². The van der Waals surface area contributed by atoms with Gasteiger partial charge in [0.1, 0.15) is 0 Å². The molecule has 0 spiro atoms. The van der Waals surface area contributed by atoms with E-state index in [1.165, 1.54) is 75.7 Å². The number of thiophene rings is 1. The minimum absolute atomic E-state index is 0.486. The molecule has 3 heterocycles. The second-order valence-electron chi connectivity index (χ2n) is 11.2. The van der Waals surface area contributed by atoms with Gasteiger partial charge in [0.15, 0.2) is 0 Å². The highest BCUT2D eigenvalue weighted by Gasteiger charge is 2.36. The molecule has 3 atom stereocenters. The zero-order valence-corrected chi connectivity index (χ0v) is 23.3. The van der Waals surface area contributed by atoms with Crippen LogP contribution in [0.3, 0.4) is 0 Å². The van der Waals surface area contributed by atoms with Gasteiger partial charge in [-0.25, -0.2) is 0 Å². The topological polar surface area (TPSA) is 15.7 Å². The SMILES string of the molecule is CO[C@@H](CC1CCN(CC2CN(Cc3ccc(Cl)cc3Cl)CC2c2ccsc2)CC1)C1CCCC1. The maximum atomic E-state index is 6.51. The van der Waals surface area contributed by atoms with E-state index in [9.17, 15) is 0 Å². The van der Waals surface area contributed by atoms with Crippen molar-refractivity contribution < 1.29 is 4.74 Å². The van der Waals surface area contributed by atoms with Crippen LogP contribution in [0, 0.1) is 17.8 Å². The Bertz CT molecular complexity index is 925. The lowest BCUT2D eigenvalue weighted by atomic mass is 9.85. The van der Waals surface area contributed by atoms with Crippen LogP contribution < -0.4 is 0 Å². The number of nitrogens with zero attached hydrogens (tertiary/aromatic N) is 2. The Kier molecular flexibility index (Phi) is 9.13. The highest BCUT2D eigenvalue weighted by Crippen LogP contribution is 2.38. The molecule has 3 aliphatic rings. The predicted molar refractivity (Wildman–Crippen MR) is 149 cm³/mol. The summed E-state index contributed by atoms with van der Waals surface area (Å²) in [5.74, 6) is 2.90. The molecule has 3 fully saturated rings. The van der Waals surface area contributed by atoms with E-state index in [1.807, 2.05) is 30.6 Å². The second kappa shape index (κ2) is 12.3. The largest absolute Gasteiger partial charge is 0.381 e. The molecule has 2 unspecified atom stereocenters. The Labute approximate surface area is 225 Å². The molecule has 0 amide bonds. The molecular formula is C29H40Cl2N2OS. The standard InChI is InChI=1S/C29H40Cl2N2OS/c1-34-29(22-4-2-3-5-22)14-21-8-11-32(12-9-21)17-25-18-33(19-27(25)24-10-13-35-20-24)16-23-6-7-26(30)15-28(23)31/h6-7,10,13,15,20-22,25,27,29H,2-5,8-9,11-12,14,16-19H2,1H3/t25?,27?,29-/m0/s1. The number of rotatable bonds is 9. The van der Waals surface area contributed by atoms with E-state index < -0.39 is 0 Å².